The molecule has 120 valence electrons. The molecule has 0 bridgehead atoms. The van der Waals surface area contributed by atoms with Gasteiger partial charge in [0.2, 0.25) is 5.91 Å². The summed E-state index contributed by atoms with van der Waals surface area (Å²) >= 11 is 0. The summed E-state index contributed by atoms with van der Waals surface area (Å²) in [5.41, 5.74) is -0.941. The van der Waals surface area contributed by atoms with Crippen molar-refractivity contribution in [3.8, 4) is 0 Å². The number of aliphatic carboxylic acids is 1. The lowest BCUT2D eigenvalue weighted by molar-refractivity contribution is -0.155. The van der Waals surface area contributed by atoms with E-state index in [2.05, 4.69) is 0 Å². The van der Waals surface area contributed by atoms with Crippen molar-refractivity contribution in [2.45, 2.75) is 44.6 Å². The van der Waals surface area contributed by atoms with Crippen molar-refractivity contribution in [1.29, 1.82) is 0 Å². The molecule has 1 heterocycles. The smallest absolute Gasteiger partial charge is 0.329 e. The molecule has 2 rings (SSSR count). The quantitative estimate of drug-likeness (QED) is 0.930. The molecule has 4 nitrogen and oxygen atoms in total. The van der Waals surface area contributed by atoms with Crippen molar-refractivity contribution >= 4 is 11.9 Å². The Bertz CT molecular complexity index is 605. The number of amides is 1. The Hall–Kier alpha value is -1.98. The fourth-order valence-electron chi connectivity index (χ4n) is 2.97. The van der Waals surface area contributed by atoms with Crippen molar-refractivity contribution in [3.05, 3.63) is 35.4 Å². The van der Waals surface area contributed by atoms with E-state index in [9.17, 15) is 23.5 Å². The van der Waals surface area contributed by atoms with Crippen LogP contribution in [0.1, 0.15) is 44.6 Å². The van der Waals surface area contributed by atoms with Crippen molar-refractivity contribution < 1.29 is 23.5 Å². The van der Waals surface area contributed by atoms with Gasteiger partial charge in [-0.25, -0.2) is 13.6 Å². The van der Waals surface area contributed by atoms with E-state index >= 15 is 0 Å². The zero-order valence-corrected chi connectivity index (χ0v) is 12.6. The van der Waals surface area contributed by atoms with Gasteiger partial charge in [0.1, 0.15) is 17.2 Å². The number of halogens is 2. The van der Waals surface area contributed by atoms with Crippen LogP contribution in [0.15, 0.2) is 18.2 Å². The van der Waals surface area contributed by atoms with Crippen LogP contribution >= 0.6 is 0 Å². The second-order valence-corrected chi connectivity index (χ2v) is 6.00. The summed E-state index contributed by atoms with van der Waals surface area (Å²) < 4.78 is 26.7. The number of hydrogen-bond acceptors (Lipinski definition) is 2. The van der Waals surface area contributed by atoms with Crippen LogP contribution in [0.4, 0.5) is 8.78 Å². The Morgan fingerprint density at radius 2 is 2.09 bits per heavy atom. The van der Waals surface area contributed by atoms with Crippen LogP contribution in [-0.2, 0) is 9.59 Å². The standard InChI is InChI=1S/C16H19F2NO3/c1-10(12-5-4-11(17)9-13(12)18)8-14(20)19-7-3-6-16(19,2)15(21)22/h4-5,9-10H,3,6-8H2,1-2H3,(H,21,22). The van der Waals surface area contributed by atoms with Crippen LogP contribution < -0.4 is 0 Å². The van der Waals surface area contributed by atoms with Gasteiger partial charge in [0.05, 0.1) is 0 Å². The molecule has 1 aliphatic heterocycles. The van der Waals surface area contributed by atoms with Gasteiger partial charge in [0.15, 0.2) is 0 Å². The van der Waals surface area contributed by atoms with E-state index in [1.807, 2.05) is 0 Å². The summed E-state index contributed by atoms with van der Waals surface area (Å²) in [6, 6.07) is 3.26. The Balaban J connectivity index is 2.13. The number of benzene rings is 1. The van der Waals surface area contributed by atoms with E-state index in [-0.39, 0.29) is 17.9 Å². The van der Waals surface area contributed by atoms with Gasteiger partial charge in [-0.2, -0.15) is 0 Å². The van der Waals surface area contributed by atoms with E-state index in [1.54, 1.807) is 6.92 Å². The molecule has 1 aliphatic rings. The molecular formula is C16H19F2NO3. The van der Waals surface area contributed by atoms with E-state index < -0.39 is 29.1 Å². The predicted octanol–water partition coefficient (Wildman–Crippen LogP) is 2.92. The zero-order chi connectivity index (χ0) is 16.5. The summed E-state index contributed by atoms with van der Waals surface area (Å²) in [6.45, 7) is 3.59. The molecule has 0 saturated carbocycles. The summed E-state index contributed by atoms with van der Waals surface area (Å²) in [5.74, 6) is -3.16. The number of hydrogen-bond donors (Lipinski definition) is 1. The second-order valence-electron chi connectivity index (χ2n) is 6.00. The number of carboxylic acid groups (broad SMARTS) is 1. The largest absolute Gasteiger partial charge is 0.480 e. The first-order valence-electron chi connectivity index (χ1n) is 7.24. The SMILES string of the molecule is CC(CC(=O)N1CCCC1(C)C(=O)O)c1ccc(F)cc1F. The van der Waals surface area contributed by atoms with Crippen molar-refractivity contribution in [3.63, 3.8) is 0 Å². The summed E-state index contributed by atoms with van der Waals surface area (Å²) in [5, 5.41) is 9.32. The van der Waals surface area contributed by atoms with Gasteiger partial charge in [-0.15, -0.1) is 0 Å². The first kappa shape index (κ1) is 16.4. The highest BCUT2D eigenvalue weighted by Crippen LogP contribution is 2.32. The minimum atomic E-state index is -1.20. The molecule has 0 aliphatic carbocycles. The minimum Gasteiger partial charge on any atom is -0.480 e. The van der Waals surface area contributed by atoms with E-state index in [1.165, 1.54) is 17.9 Å². The Morgan fingerprint density at radius 3 is 2.68 bits per heavy atom. The van der Waals surface area contributed by atoms with Gasteiger partial charge in [-0.3, -0.25) is 4.79 Å². The van der Waals surface area contributed by atoms with Gasteiger partial charge < -0.3 is 10.0 Å². The normalized spacial score (nSPS) is 22.6. The van der Waals surface area contributed by atoms with Crippen LogP contribution in [0.5, 0.6) is 0 Å². The summed E-state index contributed by atoms with van der Waals surface area (Å²) in [6.07, 6.45) is 1.03. The maximum atomic E-state index is 13.7. The molecule has 22 heavy (non-hydrogen) atoms. The van der Waals surface area contributed by atoms with E-state index in [0.717, 1.165) is 12.1 Å². The monoisotopic (exact) mass is 311 g/mol. The lowest BCUT2D eigenvalue weighted by Crippen LogP contribution is -2.51. The molecule has 2 atom stereocenters. The molecular weight excluding hydrogens is 292 g/mol. The van der Waals surface area contributed by atoms with Crippen molar-refractivity contribution in [1.82, 2.24) is 4.90 Å². The topological polar surface area (TPSA) is 57.6 Å². The summed E-state index contributed by atoms with van der Waals surface area (Å²) in [7, 11) is 0. The number of rotatable bonds is 4. The van der Waals surface area contributed by atoms with Crippen molar-refractivity contribution in [2.24, 2.45) is 0 Å². The van der Waals surface area contributed by atoms with Crippen LogP contribution in [0.2, 0.25) is 0 Å². The molecule has 1 aromatic carbocycles. The molecule has 0 radical (unpaired) electrons. The molecule has 0 spiro atoms. The molecule has 1 aromatic rings. The zero-order valence-electron chi connectivity index (χ0n) is 12.6. The number of likely N-dealkylation sites (tertiary alicyclic amines) is 1. The Morgan fingerprint density at radius 1 is 1.41 bits per heavy atom. The van der Waals surface area contributed by atoms with E-state index in [0.29, 0.717) is 19.4 Å². The Kier molecular flexibility index (Phi) is 4.49. The van der Waals surface area contributed by atoms with Crippen LogP contribution in [0, 0.1) is 11.6 Å². The second kappa shape index (κ2) is 6.02. The van der Waals surface area contributed by atoms with Gasteiger partial charge in [0.25, 0.3) is 0 Å². The average Bonchev–Trinajstić information content (AvgIpc) is 2.82. The predicted molar refractivity (Wildman–Crippen MR) is 76.4 cm³/mol. The third-order valence-corrected chi connectivity index (χ3v) is 4.38. The number of carbonyl (C=O) groups is 2. The molecule has 1 amide bonds. The fourth-order valence-corrected chi connectivity index (χ4v) is 2.97. The van der Waals surface area contributed by atoms with E-state index in [4.69, 9.17) is 0 Å². The lowest BCUT2D eigenvalue weighted by atomic mass is 9.94. The highest BCUT2D eigenvalue weighted by Gasteiger charge is 2.45. The van der Waals surface area contributed by atoms with Crippen LogP contribution in [-0.4, -0.2) is 34.0 Å². The van der Waals surface area contributed by atoms with Crippen LogP contribution in [0.3, 0.4) is 0 Å². The highest BCUT2D eigenvalue weighted by atomic mass is 19.1. The molecule has 1 N–H and O–H groups in total. The Labute approximate surface area is 127 Å². The van der Waals surface area contributed by atoms with Gasteiger partial charge in [-0.1, -0.05) is 13.0 Å². The third-order valence-electron chi connectivity index (χ3n) is 4.38. The molecule has 0 aromatic heterocycles. The molecule has 6 heteroatoms. The van der Waals surface area contributed by atoms with Crippen LogP contribution in [0.25, 0.3) is 0 Å². The minimum absolute atomic E-state index is 0.00851. The maximum absolute atomic E-state index is 13.7. The third kappa shape index (κ3) is 2.96. The first-order valence-corrected chi connectivity index (χ1v) is 7.24. The number of carbonyl (C=O) groups excluding carboxylic acids is 1. The molecule has 2 unspecified atom stereocenters. The van der Waals surface area contributed by atoms with Gasteiger partial charge in [0, 0.05) is 19.0 Å². The lowest BCUT2D eigenvalue weighted by Gasteiger charge is -2.32. The molecule has 1 saturated heterocycles. The number of carboxylic acids is 1. The fraction of sp³-hybridized carbons (Fsp3) is 0.500. The first-order chi connectivity index (χ1) is 10.3. The maximum Gasteiger partial charge on any atom is 0.329 e. The van der Waals surface area contributed by atoms with Gasteiger partial charge in [-0.05, 0) is 37.3 Å². The number of nitrogens with zero attached hydrogens (tertiary/aromatic N) is 1. The average molecular weight is 311 g/mol. The summed E-state index contributed by atoms with van der Waals surface area (Å²) in [4.78, 5) is 25.1. The molecule has 1 fully saturated rings. The highest BCUT2D eigenvalue weighted by molar-refractivity contribution is 5.87. The van der Waals surface area contributed by atoms with Gasteiger partial charge >= 0.3 is 5.97 Å². The van der Waals surface area contributed by atoms with Crippen molar-refractivity contribution in [2.75, 3.05) is 6.54 Å².